The van der Waals surface area contributed by atoms with Crippen molar-refractivity contribution >= 4 is 17.2 Å². The molecule has 0 bridgehead atoms. The molecular formula is C13H27N3OS. The molecule has 1 aliphatic rings. The SMILES string of the molecule is CC(C)(O)CCN1CCN(C(C)(C)C(N)=S)CC1. The van der Waals surface area contributed by atoms with Crippen LogP contribution in [-0.2, 0) is 0 Å². The molecule has 1 aliphatic heterocycles. The van der Waals surface area contributed by atoms with Crippen molar-refractivity contribution in [1.29, 1.82) is 0 Å². The zero-order chi connectivity index (χ0) is 14.0. The van der Waals surface area contributed by atoms with E-state index in [0.29, 0.717) is 4.99 Å². The molecule has 5 heteroatoms. The lowest BCUT2D eigenvalue weighted by Gasteiger charge is -2.43. The van der Waals surface area contributed by atoms with Gasteiger partial charge in [0.2, 0.25) is 0 Å². The van der Waals surface area contributed by atoms with E-state index in [1.807, 2.05) is 13.8 Å². The van der Waals surface area contributed by atoms with Gasteiger partial charge in [0.05, 0.1) is 16.1 Å². The summed E-state index contributed by atoms with van der Waals surface area (Å²) in [5, 5.41) is 9.73. The summed E-state index contributed by atoms with van der Waals surface area (Å²) in [6, 6.07) is 0. The Balaban J connectivity index is 2.40. The maximum absolute atomic E-state index is 9.73. The van der Waals surface area contributed by atoms with Gasteiger partial charge in [-0.2, -0.15) is 0 Å². The zero-order valence-corrected chi connectivity index (χ0v) is 12.9. The van der Waals surface area contributed by atoms with Crippen LogP contribution in [0.25, 0.3) is 0 Å². The van der Waals surface area contributed by atoms with Crippen molar-refractivity contribution in [2.45, 2.75) is 45.3 Å². The minimum absolute atomic E-state index is 0.197. The fourth-order valence-electron chi connectivity index (χ4n) is 2.12. The molecule has 0 spiro atoms. The maximum Gasteiger partial charge on any atom is 0.0928 e. The molecule has 1 heterocycles. The molecule has 0 aliphatic carbocycles. The molecule has 3 N–H and O–H groups in total. The van der Waals surface area contributed by atoms with Crippen LogP contribution in [0.5, 0.6) is 0 Å². The summed E-state index contributed by atoms with van der Waals surface area (Å²) < 4.78 is 0. The van der Waals surface area contributed by atoms with Crippen molar-refractivity contribution in [3.05, 3.63) is 0 Å². The first-order valence-corrected chi connectivity index (χ1v) is 7.03. The molecule has 0 unspecified atom stereocenters. The molecule has 1 rings (SSSR count). The van der Waals surface area contributed by atoms with E-state index in [9.17, 15) is 5.11 Å². The summed E-state index contributed by atoms with van der Waals surface area (Å²) >= 11 is 5.13. The first-order valence-electron chi connectivity index (χ1n) is 6.62. The Morgan fingerprint density at radius 3 is 2.06 bits per heavy atom. The average molecular weight is 273 g/mol. The predicted molar refractivity (Wildman–Crippen MR) is 79.8 cm³/mol. The fraction of sp³-hybridized carbons (Fsp3) is 0.923. The van der Waals surface area contributed by atoms with Crippen LogP contribution in [0.2, 0.25) is 0 Å². The van der Waals surface area contributed by atoms with E-state index in [1.165, 1.54) is 0 Å². The van der Waals surface area contributed by atoms with Crippen LogP contribution in [0.3, 0.4) is 0 Å². The monoisotopic (exact) mass is 273 g/mol. The Labute approximate surface area is 116 Å². The van der Waals surface area contributed by atoms with Crippen LogP contribution in [0.4, 0.5) is 0 Å². The number of hydrogen-bond donors (Lipinski definition) is 2. The molecule has 0 aromatic carbocycles. The molecule has 0 saturated carbocycles. The van der Waals surface area contributed by atoms with Crippen LogP contribution >= 0.6 is 12.2 Å². The van der Waals surface area contributed by atoms with Gasteiger partial charge in [0.25, 0.3) is 0 Å². The standard InChI is InChI=1S/C13H27N3OS/c1-12(2,17)5-6-15-7-9-16(10-8-15)13(3,4)11(14)18/h17H,5-10H2,1-4H3,(H2,14,18). The second-order valence-electron chi connectivity index (χ2n) is 6.31. The summed E-state index contributed by atoms with van der Waals surface area (Å²) in [7, 11) is 0. The van der Waals surface area contributed by atoms with Gasteiger partial charge in [-0.25, -0.2) is 0 Å². The van der Waals surface area contributed by atoms with Crippen molar-refractivity contribution in [1.82, 2.24) is 9.80 Å². The molecule has 4 nitrogen and oxygen atoms in total. The Hall–Kier alpha value is -0.230. The van der Waals surface area contributed by atoms with Crippen LogP contribution in [0, 0.1) is 0 Å². The van der Waals surface area contributed by atoms with Crippen LogP contribution in [0.15, 0.2) is 0 Å². The van der Waals surface area contributed by atoms with Gasteiger partial charge in [-0.05, 0) is 34.1 Å². The predicted octanol–water partition coefficient (Wildman–Crippen LogP) is 0.830. The van der Waals surface area contributed by atoms with E-state index in [2.05, 4.69) is 23.6 Å². The summed E-state index contributed by atoms with van der Waals surface area (Å²) in [5.41, 5.74) is 5.02. The van der Waals surface area contributed by atoms with E-state index < -0.39 is 5.60 Å². The highest BCUT2D eigenvalue weighted by Crippen LogP contribution is 2.18. The molecule has 1 fully saturated rings. The Morgan fingerprint density at radius 1 is 1.17 bits per heavy atom. The Morgan fingerprint density at radius 2 is 1.67 bits per heavy atom. The van der Waals surface area contributed by atoms with Crippen molar-refractivity contribution in [2.24, 2.45) is 5.73 Å². The van der Waals surface area contributed by atoms with Gasteiger partial charge in [0.15, 0.2) is 0 Å². The largest absolute Gasteiger partial charge is 0.392 e. The smallest absolute Gasteiger partial charge is 0.0928 e. The lowest BCUT2D eigenvalue weighted by atomic mass is 10.0. The van der Waals surface area contributed by atoms with Crippen molar-refractivity contribution in [2.75, 3.05) is 32.7 Å². The van der Waals surface area contributed by atoms with Crippen molar-refractivity contribution < 1.29 is 5.11 Å². The Kier molecular flexibility index (Phi) is 5.12. The lowest BCUT2D eigenvalue weighted by molar-refractivity contribution is 0.0389. The summed E-state index contributed by atoms with van der Waals surface area (Å²) in [4.78, 5) is 5.30. The molecular weight excluding hydrogens is 246 g/mol. The number of nitrogens with zero attached hydrogens (tertiary/aromatic N) is 2. The number of piperazine rings is 1. The van der Waals surface area contributed by atoms with Gasteiger partial charge in [-0.1, -0.05) is 12.2 Å². The van der Waals surface area contributed by atoms with Gasteiger partial charge in [-0.15, -0.1) is 0 Å². The van der Waals surface area contributed by atoms with E-state index in [0.717, 1.165) is 39.1 Å². The number of aliphatic hydroxyl groups is 1. The molecule has 18 heavy (non-hydrogen) atoms. The zero-order valence-electron chi connectivity index (χ0n) is 12.1. The number of rotatable bonds is 5. The highest BCUT2D eigenvalue weighted by molar-refractivity contribution is 7.80. The molecule has 0 aromatic heterocycles. The number of thiocarbonyl (C=S) groups is 1. The maximum atomic E-state index is 9.73. The third-order valence-electron chi connectivity index (χ3n) is 3.81. The average Bonchev–Trinajstić information content (AvgIpc) is 2.26. The van der Waals surface area contributed by atoms with Gasteiger partial charge in [-0.3, -0.25) is 4.90 Å². The molecule has 106 valence electrons. The minimum Gasteiger partial charge on any atom is -0.392 e. The topological polar surface area (TPSA) is 52.7 Å². The normalized spacial score (nSPS) is 20.1. The highest BCUT2D eigenvalue weighted by Gasteiger charge is 2.32. The first-order chi connectivity index (χ1) is 8.13. The van der Waals surface area contributed by atoms with Gasteiger partial charge < -0.3 is 15.7 Å². The third kappa shape index (κ3) is 4.46. The van der Waals surface area contributed by atoms with E-state index >= 15 is 0 Å². The molecule has 0 amide bonds. The molecule has 0 radical (unpaired) electrons. The third-order valence-corrected chi connectivity index (χ3v) is 4.31. The van der Waals surface area contributed by atoms with Crippen molar-refractivity contribution in [3.63, 3.8) is 0 Å². The lowest BCUT2D eigenvalue weighted by Crippen LogP contribution is -2.59. The van der Waals surface area contributed by atoms with Gasteiger partial charge in [0, 0.05) is 32.7 Å². The van der Waals surface area contributed by atoms with E-state index in [-0.39, 0.29) is 5.54 Å². The van der Waals surface area contributed by atoms with Gasteiger partial charge >= 0.3 is 0 Å². The molecule has 0 atom stereocenters. The Bertz CT molecular complexity index is 291. The quantitative estimate of drug-likeness (QED) is 0.727. The molecule has 0 aromatic rings. The summed E-state index contributed by atoms with van der Waals surface area (Å²) in [6.07, 6.45) is 0.811. The van der Waals surface area contributed by atoms with E-state index in [4.69, 9.17) is 18.0 Å². The first kappa shape index (κ1) is 15.8. The number of hydrogen-bond acceptors (Lipinski definition) is 4. The van der Waals surface area contributed by atoms with Crippen LogP contribution in [0.1, 0.15) is 34.1 Å². The van der Waals surface area contributed by atoms with Crippen LogP contribution < -0.4 is 5.73 Å². The number of nitrogens with two attached hydrogens (primary N) is 1. The fourth-order valence-corrected chi connectivity index (χ4v) is 2.25. The summed E-state index contributed by atoms with van der Waals surface area (Å²) in [5.74, 6) is 0. The minimum atomic E-state index is -0.574. The summed E-state index contributed by atoms with van der Waals surface area (Å²) in [6.45, 7) is 12.8. The van der Waals surface area contributed by atoms with Crippen molar-refractivity contribution in [3.8, 4) is 0 Å². The second kappa shape index (κ2) is 5.82. The van der Waals surface area contributed by atoms with Crippen LogP contribution in [-0.4, -0.2) is 63.8 Å². The molecule has 1 saturated heterocycles. The second-order valence-corrected chi connectivity index (χ2v) is 6.75. The van der Waals surface area contributed by atoms with E-state index in [1.54, 1.807) is 0 Å². The van der Waals surface area contributed by atoms with Gasteiger partial charge in [0.1, 0.15) is 0 Å². The highest BCUT2D eigenvalue weighted by atomic mass is 32.1.